The van der Waals surface area contributed by atoms with Crippen LogP contribution in [0.2, 0.25) is 10.0 Å². The average molecular weight is 714 g/mol. The van der Waals surface area contributed by atoms with Gasteiger partial charge in [0.2, 0.25) is 11.8 Å². The number of nitrogens with zero attached hydrogens (tertiary/aromatic N) is 2. The van der Waals surface area contributed by atoms with Crippen molar-refractivity contribution in [2.75, 3.05) is 24.0 Å². The minimum absolute atomic E-state index is 0.00836. The molecule has 1 N–H and O–H groups in total. The Hall–Kier alpha value is -2.79. The first-order valence-electron chi connectivity index (χ1n) is 14.0. The van der Waals surface area contributed by atoms with E-state index in [1.54, 1.807) is 61.5 Å². The molecule has 0 bridgehead atoms. The number of unbranched alkanes of at least 4 members (excludes halogenated alkanes) is 1. The second-order valence-corrected chi connectivity index (χ2v) is 13.3. The highest BCUT2D eigenvalue weighted by atomic mass is 79.9. The van der Waals surface area contributed by atoms with Gasteiger partial charge in [0.25, 0.3) is 10.0 Å². The molecule has 43 heavy (non-hydrogen) atoms. The van der Waals surface area contributed by atoms with Crippen LogP contribution in [0.3, 0.4) is 0 Å². The highest BCUT2D eigenvalue weighted by Crippen LogP contribution is 2.28. The number of nitrogens with one attached hydrogen (secondary N) is 1. The van der Waals surface area contributed by atoms with Crippen molar-refractivity contribution in [1.82, 2.24) is 10.2 Å². The van der Waals surface area contributed by atoms with Crippen LogP contribution in [-0.2, 0) is 26.2 Å². The van der Waals surface area contributed by atoms with Gasteiger partial charge in [0.1, 0.15) is 18.3 Å². The van der Waals surface area contributed by atoms with Crippen LogP contribution in [0.25, 0.3) is 0 Å². The van der Waals surface area contributed by atoms with Gasteiger partial charge in [0, 0.05) is 27.6 Å². The third-order valence-corrected chi connectivity index (χ3v) is 9.59. The van der Waals surface area contributed by atoms with Gasteiger partial charge < -0.3 is 15.0 Å². The number of anilines is 1. The zero-order valence-electron chi connectivity index (χ0n) is 24.4. The Morgan fingerprint density at radius 3 is 2.23 bits per heavy atom. The molecule has 0 aliphatic heterocycles. The van der Waals surface area contributed by atoms with Gasteiger partial charge in [-0.05, 0) is 86.0 Å². The average Bonchev–Trinajstić information content (AvgIpc) is 2.97. The normalized spacial score (nSPS) is 12.0. The van der Waals surface area contributed by atoms with Crippen LogP contribution in [0.1, 0.15) is 45.6 Å². The van der Waals surface area contributed by atoms with Gasteiger partial charge in [0.05, 0.1) is 17.2 Å². The van der Waals surface area contributed by atoms with Crippen molar-refractivity contribution in [3.8, 4) is 5.75 Å². The van der Waals surface area contributed by atoms with Crippen molar-refractivity contribution in [2.24, 2.45) is 0 Å². The molecule has 0 aliphatic carbocycles. The van der Waals surface area contributed by atoms with Gasteiger partial charge in [-0.3, -0.25) is 13.9 Å². The maximum absolute atomic E-state index is 14.2. The van der Waals surface area contributed by atoms with E-state index >= 15 is 0 Å². The third-order valence-electron chi connectivity index (χ3n) is 6.69. The summed E-state index contributed by atoms with van der Waals surface area (Å²) in [4.78, 5) is 28.9. The Morgan fingerprint density at radius 1 is 0.977 bits per heavy atom. The van der Waals surface area contributed by atoms with E-state index in [0.717, 1.165) is 17.1 Å². The summed E-state index contributed by atoms with van der Waals surface area (Å²) in [5.41, 5.74) is 0.840. The standard InChI is InChI=1S/C31H36BrCl2N3O5S/c1-4-7-18-35-31(39)29(5-2)36(20-22-8-11-24(33)19-28(22)34)30(38)21-37(25-12-14-26(15-13-25)42-6-3)43(40,41)27-16-9-23(32)10-17-27/h8-17,19,29H,4-7,18,20-21H2,1-3H3,(H,35,39)/t29-/m0/s1. The Bertz CT molecular complexity index is 1490. The number of amides is 2. The molecule has 8 nitrogen and oxygen atoms in total. The Morgan fingerprint density at radius 2 is 1.65 bits per heavy atom. The van der Waals surface area contributed by atoms with Gasteiger partial charge in [0.15, 0.2) is 0 Å². The van der Waals surface area contributed by atoms with Crippen LogP contribution in [0.5, 0.6) is 5.75 Å². The van der Waals surface area contributed by atoms with Gasteiger partial charge in [-0.15, -0.1) is 0 Å². The van der Waals surface area contributed by atoms with E-state index in [4.69, 9.17) is 27.9 Å². The summed E-state index contributed by atoms with van der Waals surface area (Å²) in [6, 6.07) is 16.7. The summed E-state index contributed by atoms with van der Waals surface area (Å²) in [5.74, 6) is -0.330. The summed E-state index contributed by atoms with van der Waals surface area (Å²) in [7, 11) is -4.20. The number of carbonyl (C=O) groups excluding carboxylic acids is 2. The van der Waals surface area contributed by atoms with E-state index in [1.165, 1.54) is 17.0 Å². The highest BCUT2D eigenvalue weighted by Gasteiger charge is 2.34. The van der Waals surface area contributed by atoms with Crippen LogP contribution >= 0.6 is 39.1 Å². The molecular formula is C31H36BrCl2N3O5S. The lowest BCUT2D eigenvalue weighted by Gasteiger charge is -2.33. The third kappa shape index (κ3) is 9.35. The Balaban J connectivity index is 2.06. The second-order valence-electron chi connectivity index (χ2n) is 9.72. The molecule has 2 amide bonds. The van der Waals surface area contributed by atoms with Gasteiger partial charge >= 0.3 is 0 Å². The number of hydrogen-bond acceptors (Lipinski definition) is 5. The molecular weight excluding hydrogens is 677 g/mol. The molecule has 0 radical (unpaired) electrons. The number of hydrogen-bond donors (Lipinski definition) is 1. The molecule has 0 unspecified atom stereocenters. The molecule has 1 atom stereocenters. The molecule has 3 aromatic carbocycles. The number of rotatable bonds is 15. The quantitative estimate of drug-likeness (QED) is 0.170. The molecule has 232 valence electrons. The van der Waals surface area contributed by atoms with E-state index < -0.39 is 28.5 Å². The summed E-state index contributed by atoms with van der Waals surface area (Å²) in [6.45, 7) is 5.99. The lowest BCUT2D eigenvalue weighted by Crippen LogP contribution is -2.52. The number of ether oxygens (including phenoxy) is 1. The largest absolute Gasteiger partial charge is 0.494 e. The van der Waals surface area contributed by atoms with Gasteiger partial charge in [-0.25, -0.2) is 8.42 Å². The zero-order chi connectivity index (χ0) is 31.6. The molecule has 0 aliphatic rings. The molecule has 0 aromatic heterocycles. The predicted octanol–water partition coefficient (Wildman–Crippen LogP) is 7.07. The fourth-order valence-electron chi connectivity index (χ4n) is 4.40. The van der Waals surface area contributed by atoms with Gasteiger partial charge in [-0.2, -0.15) is 0 Å². The van der Waals surface area contributed by atoms with E-state index in [0.29, 0.717) is 45.4 Å². The van der Waals surface area contributed by atoms with Crippen LogP contribution in [0.4, 0.5) is 5.69 Å². The lowest BCUT2D eigenvalue weighted by atomic mass is 10.1. The first-order chi connectivity index (χ1) is 20.5. The van der Waals surface area contributed by atoms with E-state index in [2.05, 4.69) is 21.2 Å². The maximum Gasteiger partial charge on any atom is 0.264 e. The molecule has 3 rings (SSSR count). The summed E-state index contributed by atoms with van der Waals surface area (Å²) < 4.78 is 35.3. The fraction of sp³-hybridized carbons (Fsp3) is 0.355. The van der Waals surface area contributed by atoms with Crippen molar-refractivity contribution in [1.29, 1.82) is 0 Å². The van der Waals surface area contributed by atoms with Crippen molar-refractivity contribution in [3.63, 3.8) is 0 Å². The van der Waals surface area contributed by atoms with Crippen molar-refractivity contribution >= 4 is 66.7 Å². The minimum atomic E-state index is -4.20. The van der Waals surface area contributed by atoms with Crippen LogP contribution in [0.15, 0.2) is 76.1 Å². The van der Waals surface area contributed by atoms with Crippen LogP contribution < -0.4 is 14.4 Å². The molecule has 0 fully saturated rings. The summed E-state index contributed by atoms with van der Waals surface area (Å²) in [5, 5.41) is 3.67. The maximum atomic E-state index is 14.2. The monoisotopic (exact) mass is 711 g/mol. The first-order valence-corrected chi connectivity index (χ1v) is 17.0. The molecule has 0 saturated carbocycles. The number of halogens is 3. The zero-order valence-corrected chi connectivity index (χ0v) is 28.3. The minimum Gasteiger partial charge on any atom is -0.494 e. The smallest absolute Gasteiger partial charge is 0.264 e. The van der Waals surface area contributed by atoms with Crippen molar-refractivity contribution in [3.05, 3.63) is 86.8 Å². The number of carbonyl (C=O) groups is 2. The summed E-state index contributed by atoms with van der Waals surface area (Å²) in [6.07, 6.45) is 1.98. The fourth-order valence-corrected chi connectivity index (χ4v) is 6.54. The molecule has 0 saturated heterocycles. The van der Waals surface area contributed by atoms with E-state index in [9.17, 15) is 18.0 Å². The SMILES string of the molecule is CCCCNC(=O)[C@H](CC)N(Cc1ccc(Cl)cc1Cl)C(=O)CN(c1ccc(OCC)cc1)S(=O)(=O)c1ccc(Br)cc1. The van der Waals surface area contributed by atoms with Crippen LogP contribution in [-0.4, -0.2) is 50.9 Å². The molecule has 0 heterocycles. The van der Waals surface area contributed by atoms with E-state index in [-0.39, 0.29) is 23.0 Å². The number of sulfonamides is 1. The summed E-state index contributed by atoms with van der Waals surface area (Å²) >= 11 is 15.9. The predicted molar refractivity (Wildman–Crippen MR) is 175 cm³/mol. The highest BCUT2D eigenvalue weighted by molar-refractivity contribution is 9.10. The molecule has 0 spiro atoms. The molecule has 12 heteroatoms. The van der Waals surface area contributed by atoms with Crippen molar-refractivity contribution < 1.29 is 22.7 Å². The van der Waals surface area contributed by atoms with E-state index in [1.807, 2.05) is 13.8 Å². The Kier molecular flexibility index (Phi) is 13.2. The first kappa shape index (κ1) is 34.7. The van der Waals surface area contributed by atoms with Gasteiger partial charge in [-0.1, -0.05) is 65.5 Å². The van der Waals surface area contributed by atoms with Crippen molar-refractivity contribution in [2.45, 2.75) is 57.5 Å². The lowest BCUT2D eigenvalue weighted by molar-refractivity contribution is -0.140. The second kappa shape index (κ2) is 16.3. The molecule has 3 aromatic rings. The number of benzene rings is 3. The van der Waals surface area contributed by atoms with Crippen LogP contribution in [0, 0.1) is 0 Å². The topological polar surface area (TPSA) is 96.0 Å². The Labute approximate surface area is 272 Å².